The molecule has 3 heterocycles. The van der Waals surface area contributed by atoms with E-state index in [1.165, 1.54) is 23.5 Å². The van der Waals surface area contributed by atoms with Crippen LogP contribution in [0.2, 0.25) is 0 Å². The lowest BCUT2D eigenvalue weighted by Gasteiger charge is -2.43. The highest BCUT2D eigenvalue weighted by Gasteiger charge is 2.38. The first-order chi connectivity index (χ1) is 18.5. The third-order valence-corrected chi connectivity index (χ3v) is 7.09. The second-order valence-electron chi connectivity index (χ2n) is 9.95. The molecular formula is C27H27F5N6O. The lowest BCUT2D eigenvalue weighted by Crippen LogP contribution is -2.56. The Morgan fingerprint density at radius 1 is 1.08 bits per heavy atom. The Morgan fingerprint density at radius 2 is 1.79 bits per heavy atom. The number of anilines is 1. The first-order valence-corrected chi connectivity index (χ1v) is 12.5. The quantitative estimate of drug-likeness (QED) is 0.348. The largest absolute Gasteiger partial charge is 0.503 e. The molecule has 0 spiro atoms. The zero-order chi connectivity index (χ0) is 28.1. The van der Waals surface area contributed by atoms with Crippen molar-refractivity contribution in [1.29, 1.82) is 0 Å². The molecule has 0 amide bonds. The summed E-state index contributed by atoms with van der Waals surface area (Å²) < 4.78 is 70.1. The van der Waals surface area contributed by atoms with Gasteiger partial charge in [-0.25, -0.2) is 18.4 Å². The second-order valence-corrected chi connectivity index (χ2v) is 9.95. The van der Waals surface area contributed by atoms with E-state index < -0.39 is 34.7 Å². The number of phenols is 1. The summed E-state index contributed by atoms with van der Waals surface area (Å²) in [7, 11) is 1.52. The molecule has 39 heavy (non-hydrogen) atoms. The molecule has 1 aliphatic rings. The van der Waals surface area contributed by atoms with Gasteiger partial charge in [-0.2, -0.15) is 23.3 Å². The van der Waals surface area contributed by atoms with Crippen LogP contribution in [0.4, 0.5) is 27.9 Å². The van der Waals surface area contributed by atoms with Gasteiger partial charge in [-0.15, -0.1) is 0 Å². The molecule has 7 nitrogen and oxygen atoms in total. The molecule has 0 aliphatic carbocycles. The molecule has 2 aromatic heterocycles. The number of aryl methyl sites for hydroxylation is 1. The van der Waals surface area contributed by atoms with Gasteiger partial charge in [0.25, 0.3) is 0 Å². The van der Waals surface area contributed by atoms with Gasteiger partial charge in [-0.1, -0.05) is 30.3 Å². The Morgan fingerprint density at radius 3 is 2.46 bits per heavy atom. The number of fused-ring (bicyclic) bond motifs is 1. The van der Waals surface area contributed by atoms with Crippen molar-refractivity contribution in [2.24, 2.45) is 7.05 Å². The summed E-state index contributed by atoms with van der Waals surface area (Å²) >= 11 is 0. The highest BCUT2D eigenvalue weighted by Crippen LogP contribution is 2.41. The van der Waals surface area contributed by atoms with E-state index >= 15 is 0 Å². The minimum absolute atomic E-state index is 0.168. The Bertz CT molecular complexity index is 1500. The number of aromatic nitrogens is 4. The molecular weight excluding hydrogens is 519 g/mol. The molecule has 1 fully saturated rings. The van der Waals surface area contributed by atoms with Gasteiger partial charge in [0.1, 0.15) is 5.69 Å². The van der Waals surface area contributed by atoms with Gasteiger partial charge in [0.15, 0.2) is 23.0 Å². The van der Waals surface area contributed by atoms with Crippen molar-refractivity contribution in [1.82, 2.24) is 24.6 Å². The van der Waals surface area contributed by atoms with E-state index in [0.29, 0.717) is 31.1 Å². The predicted molar refractivity (Wildman–Crippen MR) is 136 cm³/mol. The summed E-state index contributed by atoms with van der Waals surface area (Å²) in [5.41, 5.74) is -1.25. The van der Waals surface area contributed by atoms with Crippen molar-refractivity contribution in [2.75, 3.05) is 24.5 Å². The number of phenolic OH excluding ortho intramolecular Hbond substituents is 1. The summed E-state index contributed by atoms with van der Waals surface area (Å²) in [6.45, 7) is 6.41. The maximum absolute atomic E-state index is 14.8. The van der Waals surface area contributed by atoms with Gasteiger partial charge < -0.3 is 10.0 Å². The van der Waals surface area contributed by atoms with E-state index in [-0.39, 0.29) is 22.8 Å². The Kier molecular flexibility index (Phi) is 6.91. The zero-order valence-electron chi connectivity index (χ0n) is 21.5. The first kappa shape index (κ1) is 26.8. The topological polar surface area (TPSA) is 70.3 Å². The van der Waals surface area contributed by atoms with Crippen LogP contribution in [0, 0.1) is 11.6 Å². The summed E-state index contributed by atoms with van der Waals surface area (Å²) in [6.07, 6.45) is -2.94. The van der Waals surface area contributed by atoms with Crippen molar-refractivity contribution < 1.29 is 27.1 Å². The number of nitrogens with zero attached hydrogens (tertiary/aromatic N) is 6. The van der Waals surface area contributed by atoms with E-state index in [1.54, 1.807) is 0 Å². The molecule has 1 saturated heterocycles. The van der Waals surface area contributed by atoms with Crippen molar-refractivity contribution in [3.63, 3.8) is 0 Å². The SMILES string of the molecule is CC(C)N1CCN(c2ncc3c(-c4cc(C(F)(F)F)c(F)c(O)c4F)nn(C)c3n2)C[C@@H]1Cc1ccccc1. The third kappa shape index (κ3) is 5.00. The van der Waals surface area contributed by atoms with Crippen LogP contribution in [0.3, 0.4) is 0 Å². The van der Waals surface area contributed by atoms with Gasteiger partial charge in [0.2, 0.25) is 5.95 Å². The van der Waals surface area contributed by atoms with Crippen LogP contribution in [0.1, 0.15) is 25.0 Å². The van der Waals surface area contributed by atoms with Crippen LogP contribution >= 0.6 is 0 Å². The van der Waals surface area contributed by atoms with E-state index in [2.05, 4.69) is 45.9 Å². The summed E-state index contributed by atoms with van der Waals surface area (Å²) in [5, 5.41) is 14.1. The molecule has 0 saturated carbocycles. The average Bonchev–Trinajstić information content (AvgIpc) is 3.22. The molecule has 1 N–H and O–H groups in total. The summed E-state index contributed by atoms with van der Waals surface area (Å²) in [5.74, 6) is -4.92. The first-order valence-electron chi connectivity index (χ1n) is 12.5. The minimum Gasteiger partial charge on any atom is -0.503 e. The second kappa shape index (κ2) is 10.1. The van der Waals surface area contributed by atoms with Crippen LogP contribution in [-0.2, 0) is 19.6 Å². The Labute approximate surface area is 221 Å². The Balaban J connectivity index is 1.50. The molecule has 4 aromatic rings. The van der Waals surface area contributed by atoms with Gasteiger partial charge in [-0.05, 0) is 31.9 Å². The van der Waals surface area contributed by atoms with E-state index in [9.17, 15) is 27.1 Å². The van der Waals surface area contributed by atoms with Gasteiger partial charge in [0.05, 0.1) is 10.9 Å². The molecule has 0 bridgehead atoms. The summed E-state index contributed by atoms with van der Waals surface area (Å²) in [4.78, 5) is 13.5. The smallest absolute Gasteiger partial charge is 0.419 e. The van der Waals surface area contributed by atoms with Crippen LogP contribution < -0.4 is 4.90 Å². The number of aromatic hydroxyl groups is 1. The number of rotatable bonds is 5. The normalized spacial score (nSPS) is 16.9. The fourth-order valence-electron chi connectivity index (χ4n) is 5.18. The fourth-order valence-corrected chi connectivity index (χ4v) is 5.18. The third-order valence-electron chi connectivity index (χ3n) is 7.09. The molecule has 2 aromatic carbocycles. The molecule has 5 rings (SSSR count). The lowest BCUT2D eigenvalue weighted by atomic mass is 10.0. The van der Waals surface area contributed by atoms with E-state index in [4.69, 9.17) is 0 Å². The van der Waals surface area contributed by atoms with Crippen LogP contribution in [0.5, 0.6) is 5.75 Å². The van der Waals surface area contributed by atoms with Gasteiger partial charge in [-0.3, -0.25) is 4.90 Å². The minimum atomic E-state index is -5.15. The fraction of sp³-hybridized carbons (Fsp3) is 0.370. The highest BCUT2D eigenvalue weighted by molar-refractivity contribution is 5.91. The van der Waals surface area contributed by atoms with Crippen LogP contribution in [0.25, 0.3) is 22.3 Å². The van der Waals surface area contributed by atoms with E-state index in [1.807, 2.05) is 23.1 Å². The molecule has 0 unspecified atom stereocenters. The van der Waals surface area contributed by atoms with Gasteiger partial charge >= 0.3 is 6.18 Å². The zero-order valence-corrected chi connectivity index (χ0v) is 21.5. The number of alkyl halides is 3. The molecule has 12 heteroatoms. The maximum Gasteiger partial charge on any atom is 0.419 e. The van der Waals surface area contributed by atoms with Crippen LogP contribution in [-0.4, -0.2) is 61.5 Å². The monoisotopic (exact) mass is 546 g/mol. The average molecular weight is 547 g/mol. The predicted octanol–water partition coefficient (Wildman–Crippen LogP) is 5.17. The van der Waals surface area contributed by atoms with Gasteiger partial charge in [0, 0.05) is 50.5 Å². The molecule has 1 aliphatic heterocycles. The number of hydrogen-bond acceptors (Lipinski definition) is 6. The Hall–Kier alpha value is -3.80. The number of hydrogen-bond donors (Lipinski definition) is 1. The number of piperazine rings is 1. The van der Waals surface area contributed by atoms with Crippen molar-refractivity contribution in [3.8, 4) is 17.0 Å². The van der Waals surface area contributed by atoms with Crippen molar-refractivity contribution >= 4 is 17.0 Å². The van der Waals surface area contributed by atoms with E-state index in [0.717, 1.165) is 13.0 Å². The maximum atomic E-state index is 14.8. The van der Waals surface area contributed by atoms with Crippen LogP contribution in [0.15, 0.2) is 42.6 Å². The molecule has 1 atom stereocenters. The molecule has 0 radical (unpaired) electrons. The standard InChI is InChI=1S/C27H27F5N6O/c1-15(2)38-10-9-37(14-17(38)11-16-7-5-4-6-8-16)26-33-13-19-23(35-36(3)25(19)34-26)18-12-20(27(30,31)32)22(29)24(39)21(18)28/h4-8,12-13,15,17,39H,9-11,14H2,1-3H3/t17-/m0/s1. The van der Waals surface area contributed by atoms with Crippen molar-refractivity contribution in [2.45, 2.75) is 38.5 Å². The lowest BCUT2D eigenvalue weighted by molar-refractivity contribution is -0.140. The van der Waals surface area contributed by atoms with Crippen molar-refractivity contribution in [3.05, 3.63) is 65.4 Å². The number of benzene rings is 2. The molecule has 206 valence electrons. The summed E-state index contributed by atoms with van der Waals surface area (Å²) in [6, 6.07) is 11.0. The number of halogens is 5. The highest BCUT2D eigenvalue weighted by atomic mass is 19.4.